The van der Waals surface area contributed by atoms with Crippen molar-refractivity contribution in [3.05, 3.63) is 65.2 Å². The first kappa shape index (κ1) is 19.5. The quantitative estimate of drug-likeness (QED) is 0.366. The molecule has 0 aromatic heterocycles. The number of rotatable bonds is 4. The van der Waals surface area contributed by atoms with Gasteiger partial charge in [0.1, 0.15) is 0 Å². The summed E-state index contributed by atoms with van der Waals surface area (Å²) in [5.41, 5.74) is 2.22. The fourth-order valence-electron chi connectivity index (χ4n) is 3.87. The molecule has 140 valence electrons. The lowest BCUT2D eigenvalue weighted by atomic mass is 9.73. The number of benzene rings is 2. The lowest BCUT2D eigenvalue weighted by Crippen LogP contribution is -2.31. The van der Waals surface area contributed by atoms with Gasteiger partial charge in [0.2, 0.25) is 0 Å². The highest BCUT2D eigenvalue weighted by Gasteiger charge is 2.37. The van der Waals surface area contributed by atoms with E-state index in [2.05, 4.69) is 53.9 Å². The lowest BCUT2D eigenvalue weighted by Gasteiger charge is -2.40. The Balaban J connectivity index is 2.00. The highest BCUT2D eigenvalue weighted by molar-refractivity contribution is 14.1. The molecule has 0 aliphatic carbocycles. The summed E-state index contributed by atoms with van der Waals surface area (Å²) in [5, 5.41) is 3.53. The minimum Gasteiger partial charge on any atom is -0.378 e. The van der Waals surface area contributed by atoms with E-state index in [1.165, 1.54) is 17.7 Å². The van der Waals surface area contributed by atoms with Crippen LogP contribution in [-0.4, -0.2) is 3.92 Å². The molecule has 0 amide bonds. The summed E-state index contributed by atoms with van der Waals surface area (Å²) in [6.07, 6.45) is -2.28. The van der Waals surface area contributed by atoms with Gasteiger partial charge in [-0.15, -0.1) is 0 Å². The van der Waals surface area contributed by atoms with Crippen LogP contribution in [0.5, 0.6) is 0 Å². The molecule has 1 nitrogen and oxygen atoms in total. The van der Waals surface area contributed by atoms with E-state index >= 15 is 0 Å². The third kappa shape index (κ3) is 4.18. The summed E-state index contributed by atoms with van der Waals surface area (Å²) in [6.45, 7) is 4.24. The maximum absolute atomic E-state index is 13.2. The molecule has 2 aromatic carbocycles. The zero-order valence-electron chi connectivity index (χ0n) is 14.9. The van der Waals surface area contributed by atoms with Crippen molar-refractivity contribution in [1.29, 1.82) is 0 Å². The van der Waals surface area contributed by atoms with Crippen LogP contribution < -0.4 is 5.32 Å². The van der Waals surface area contributed by atoms with Crippen molar-refractivity contribution < 1.29 is 13.2 Å². The van der Waals surface area contributed by atoms with Gasteiger partial charge in [-0.3, -0.25) is 0 Å². The predicted octanol–water partition coefficient (Wildman–Crippen LogP) is 7.20. The first-order valence-electron chi connectivity index (χ1n) is 8.94. The SMILES string of the molecule is CC1c2cc(C(F)(F)F)ccc2N[C@H](c2ccccc2)[C@@H]1CC[C@H](C)I. The molecule has 0 bridgehead atoms. The van der Waals surface area contributed by atoms with E-state index < -0.39 is 11.7 Å². The summed E-state index contributed by atoms with van der Waals surface area (Å²) in [7, 11) is 0. The van der Waals surface area contributed by atoms with Gasteiger partial charge in [0.15, 0.2) is 0 Å². The molecule has 5 heteroatoms. The average molecular weight is 473 g/mol. The third-order valence-corrected chi connectivity index (χ3v) is 5.93. The van der Waals surface area contributed by atoms with Crippen molar-refractivity contribution in [2.24, 2.45) is 5.92 Å². The molecular formula is C21H23F3IN. The summed E-state index contributed by atoms with van der Waals surface area (Å²) in [6, 6.07) is 14.4. The van der Waals surface area contributed by atoms with Gasteiger partial charge in [0, 0.05) is 9.61 Å². The normalized spacial score (nSPS) is 23.8. The van der Waals surface area contributed by atoms with E-state index in [9.17, 15) is 13.2 Å². The van der Waals surface area contributed by atoms with Gasteiger partial charge in [0.05, 0.1) is 11.6 Å². The molecule has 1 heterocycles. The molecule has 1 aliphatic rings. The number of anilines is 1. The third-order valence-electron chi connectivity index (χ3n) is 5.31. The highest BCUT2D eigenvalue weighted by Crippen LogP contribution is 2.48. The van der Waals surface area contributed by atoms with E-state index in [4.69, 9.17) is 0 Å². The van der Waals surface area contributed by atoms with Crippen LogP contribution in [0, 0.1) is 5.92 Å². The van der Waals surface area contributed by atoms with Crippen molar-refractivity contribution in [1.82, 2.24) is 0 Å². The van der Waals surface area contributed by atoms with Gasteiger partial charge in [-0.05, 0) is 54.0 Å². The largest absolute Gasteiger partial charge is 0.416 e. The van der Waals surface area contributed by atoms with Crippen LogP contribution in [0.3, 0.4) is 0 Å². The number of alkyl halides is 4. The molecule has 2 aromatic rings. The molecule has 4 atom stereocenters. The Hall–Kier alpha value is -1.24. The fourth-order valence-corrected chi connectivity index (χ4v) is 4.23. The van der Waals surface area contributed by atoms with Crippen molar-refractivity contribution in [2.45, 2.75) is 48.7 Å². The standard InChI is InChI=1S/C21H23F3IN/c1-13(25)8-10-17-14(2)18-12-16(21(22,23)24)9-11-19(18)26-20(17)15-6-4-3-5-7-15/h3-7,9,11-14,17,20,26H,8,10H2,1-2H3/t13-,14?,17+,20+/m0/s1. The summed E-state index contributed by atoms with van der Waals surface area (Å²) < 4.78 is 40.0. The van der Waals surface area contributed by atoms with E-state index in [-0.39, 0.29) is 17.9 Å². The number of hydrogen-bond donors (Lipinski definition) is 1. The minimum atomic E-state index is -4.31. The van der Waals surface area contributed by atoms with Crippen LogP contribution in [0.25, 0.3) is 0 Å². The second-order valence-electron chi connectivity index (χ2n) is 7.14. The van der Waals surface area contributed by atoms with Crippen molar-refractivity contribution in [2.75, 3.05) is 5.32 Å². The molecule has 3 rings (SSSR count). The van der Waals surface area contributed by atoms with Crippen LogP contribution in [0.1, 0.15) is 55.3 Å². The predicted molar refractivity (Wildman–Crippen MR) is 109 cm³/mol. The Kier molecular flexibility index (Phi) is 5.85. The zero-order chi connectivity index (χ0) is 18.9. The van der Waals surface area contributed by atoms with Crippen LogP contribution in [-0.2, 0) is 6.18 Å². The molecule has 0 radical (unpaired) electrons. The summed E-state index contributed by atoms with van der Waals surface area (Å²) in [4.78, 5) is 0. The van der Waals surface area contributed by atoms with Crippen LogP contribution in [0.4, 0.5) is 18.9 Å². The lowest BCUT2D eigenvalue weighted by molar-refractivity contribution is -0.137. The van der Waals surface area contributed by atoms with E-state index in [0.717, 1.165) is 24.1 Å². The van der Waals surface area contributed by atoms with Gasteiger partial charge in [0.25, 0.3) is 0 Å². The van der Waals surface area contributed by atoms with Crippen molar-refractivity contribution in [3.8, 4) is 0 Å². The van der Waals surface area contributed by atoms with Crippen LogP contribution >= 0.6 is 22.6 Å². The van der Waals surface area contributed by atoms with Gasteiger partial charge in [-0.25, -0.2) is 0 Å². The fraction of sp³-hybridized carbons (Fsp3) is 0.429. The molecule has 1 unspecified atom stereocenters. The first-order chi connectivity index (χ1) is 12.3. The van der Waals surface area contributed by atoms with Gasteiger partial charge < -0.3 is 5.32 Å². The maximum Gasteiger partial charge on any atom is 0.416 e. The summed E-state index contributed by atoms with van der Waals surface area (Å²) >= 11 is 2.41. The molecule has 0 fully saturated rings. The molecule has 0 spiro atoms. The van der Waals surface area contributed by atoms with Crippen LogP contribution in [0.15, 0.2) is 48.5 Å². The van der Waals surface area contributed by atoms with Gasteiger partial charge >= 0.3 is 6.18 Å². The molecular weight excluding hydrogens is 450 g/mol. The Labute approximate surface area is 166 Å². The molecule has 1 aliphatic heterocycles. The molecule has 26 heavy (non-hydrogen) atoms. The monoisotopic (exact) mass is 473 g/mol. The molecule has 0 saturated heterocycles. The zero-order valence-corrected chi connectivity index (χ0v) is 17.0. The Morgan fingerprint density at radius 3 is 2.42 bits per heavy atom. The Bertz CT molecular complexity index is 743. The smallest absolute Gasteiger partial charge is 0.378 e. The Morgan fingerprint density at radius 2 is 1.81 bits per heavy atom. The van der Waals surface area contributed by atoms with Crippen LogP contribution in [0.2, 0.25) is 0 Å². The minimum absolute atomic E-state index is 0.0638. The highest BCUT2D eigenvalue weighted by atomic mass is 127. The van der Waals surface area contributed by atoms with Crippen molar-refractivity contribution >= 4 is 28.3 Å². The number of hydrogen-bond acceptors (Lipinski definition) is 1. The molecule has 0 saturated carbocycles. The number of nitrogens with one attached hydrogen (secondary N) is 1. The van der Waals surface area contributed by atoms with Crippen molar-refractivity contribution in [3.63, 3.8) is 0 Å². The van der Waals surface area contributed by atoms with Gasteiger partial charge in [-0.1, -0.05) is 66.8 Å². The van der Waals surface area contributed by atoms with Gasteiger partial charge in [-0.2, -0.15) is 13.2 Å². The number of fused-ring (bicyclic) bond motifs is 1. The second-order valence-corrected chi connectivity index (χ2v) is 9.27. The van der Waals surface area contributed by atoms with E-state index in [1.807, 2.05) is 18.2 Å². The maximum atomic E-state index is 13.2. The topological polar surface area (TPSA) is 12.0 Å². The second kappa shape index (κ2) is 7.79. The first-order valence-corrected chi connectivity index (χ1v) is 10.2. The van der Waals surface area contributed by atoms with E-state index in [0.29, 0.717) is 3.92 Å². The molecule has 1 N–H and O–H groups in total. The summed E-state index contributed by atoms with van der Waals surface area (Å²) in [5.74, 6) is 0.319. The number of halogens is 4. The average Bonchev–Trinajstić information content (AvgIpc) is 2.60. The Morgan fingerprint density at radius 1 is 1.12 bits per heavy atom. The van der Waals surface area contributed by atoms with E-state index in [1.54, 1.807) is 6.07 Å².